The molecular formula is C18H23ClN6O2. The second kappa shape index (κ2) is 8.41. The molecule has 0 spiro atoms. The van der Waals surface area contributed by atoms with Crippen LogP contribution in [0.2, 0.25) is 0 Å². The fourth-order valence-corrected chi connectivity index (χ4v) is 3.45. The Morgan fingerprint density at radius 2 is 2.07 bits per heavy atom. The van der Waals surface area contributed by atoms with Crippen LogP contribution in [-0.2, 0) is 6.54 Å². The molecule has 3 aromatic rings. The highest BCUT2D eigenvalue weighted by atomic mass is 35.5. The van der Waals surface area contributed by atoms with E-state index in [2.05, 4.69) is 31.5 Å². The number of halogens is 1. The third-order valence-corrected chi connectivity index (χ3v) is 4.89. The number of para-hydroxylation sites is 1. The Bertz CT molecular complexity index is 948. The average Bonchev–Trinajstić information content (AvgIpc) is 3.08. The SMILES string of the molecule is COc1ccccc1CNC1CCN(c2nccn3c(=O)[nH]nc23)CC1.Cl. The van der Waals surface area contributed by atoms with Crippen LogP contribution in [0.3, 0.4) is 0 Å². The molecule has 144 valence electrons. The summed E-state index contributed by atoms with van der Waals surface area (Å²) in [6.45, 7) is 2.53. The zero-order chi connectivity index (χ0) is 17.9. The predicted molar refractivity (Wildman–Crippen MR) is 106 cm³/mol. The van der Waals surface area contributed by atoms with Crippen molar-refractivity contribution in [2.45, 2.75) is 25.4 Å². The number of nitrogens with zero attached hydrogens (tertiary/aromatic N) is 4. The van der Waals surface area contributed by atoms with Crippen LogP contribution in [0.5, 0.6) is 5.75 Å². The van der Waals surface area contributed by atoms with E-state index in [1.165, 1.54) is 9.96 Å². The van der Waals surface area contributed by atoms with Gasteiger partial charge in [0.05, 0.1) is 7.11 Å². The lowest BCUT2D eigenvalue weighted by Gasteiger charge is -2.33. The van der Waals surface area contributed by atoms with Crippen LogP contribution >= 0.6 is 12.4 Å². The maximum atomic E-state index is 11.7. The molecule has 8 nitrogen and oxygen atoms in total. The van der Waals surface area contributed by atoms with Gasteiger partial charge in [-0.25, -0.2) is 19.3 Å². The van der Waals surface area contributed by atoms with Gasteiger partial charge < -0.3 is 15.0 Å². The summed E-state index contributed by atoms with van der Waals surface area (Å²) in [5.74, 6) is 1.67. The Morgan fingerprint density at radius 1 is 1.30 bits per heavy atom. The van der Waals surface area contributed by atoms with Gasteiger partial charge in [0.2, 0.25) is 5.65 Å². The number of H-pyrrole nitrogens is 1. The van der Waals surface area contributed by atoms with Crippen molar-refractivity contribution < 1.29 is 4.74 Å². The number of anilines is 1. The number of rotatable bonds is 5. The summed E-state index contributed by atoms with van der Waals surface area (Å²) in [7, 11) is 1.70. The smallest absolute Gasteiger partial charge is 0.347 e. The fourth-order valence-electron chi connectivity index (χ4n) is 3.45. The molecule has 0 bridgehead atoms. The van der Waals surface area contributed by atoms with E-state index in [0.29, 0.717) is 11.7 Å². The Hall–Kier alpha value is -2.58. The second-order valence-electron chi connectivity index (χ2n) is 6.43. The molecule has 1 fully saturated rings. The molecule has 3 heterocycles. The molecule has 2 N–H and O–H groups in total. The number of hydrogen-bond acceptors (Lipinski definition) is 6. The lowest BCUT2D eigenvalue weighted by Crippen LogP contribution is -2.42. The van der Waals surface area contributed by atoms with Gasteiger partial charge in [0.1, 0.15) is 5.75 Å². The van der Waals surface area contributed by atoms with Gasteiger partial charge in [0, 0.05) is 43.6 Å². The van der Waals surface area contributed by atoms with Crippen LogP contribution in [0, 0.1) is 0 Å². The van der Waals surface area contributed by atoms with Crippen LogP contribution in [0.25, 0.3) is 5.65 Å². The summed E-state index contributed by atoms with van der Waals surface area (Å²) < 4.78 is 6.90. The van der Waals surface area contributed by atoms with Gasteiger partial charge in [0.25, 0.3) is 0 Å². The fraction of sp³-hybridized carbons (Fsp3) is 0.389. The predicted octanol–water partition coefficient (Wildman–Crippen LogP) is 1.61. The van der Waals surface area contributed by atoms with E-state index in [4.69, 9.17) is 4.74 Å². The molecule has 1 aliphatic heterocycles. The molecule has 4 rings (SSSR count). The van der Waals surface area contributed by atoms with Crippen LogP contribution in [-0.4, -0.2) is 45.8 Å². The highest BCUT2D eigenvalue weighted by Crippen LogP contribution is 2.22. The van der Waals surface area contributed by atoms with Gasteiger partial charge in [0.15, 0.2) is 5.82 Å². The van der Waals surface area contributed by atoms with Crippen molar-refractivity contribution in [1.29, 1.82) is 0 Å². The van der Waals surface area contributed by atoms with Crippen LogP contribution in [0.4, 0.5) is 5.82 Å². The first-order valence-electron chi connectivity index (χ1n) is 8.78. The number of ether oxygens (including phenoxy) is 1. The van der Waals surface area contributed by atoms with E-state index in [-0.39, 0.29) is 18.1 Å². The van der Waals surface area contributed by atoms with Crippen molar-refractivity contribution in [3.8, 4) is 5.75 Å². The van der Waals surface area contributed by atoms with Gasteiger partial charge in [-0.05, 0) is 18.9 Å². The number of aromatic nitrogens is 4. The normalized spacial score (nSPS) is 14.9. The van der Waals surface area contributed by atoms with Crippen molar-refractivity contribution in [3.63, 3.8) is 0 Å². The second-order valence-corrected chi connectivity index (χ2v) is 6.43. The largest absolute Gasteiger partial charge is 0.496 e. The number of hydrogen-bond donors (Lipinski definition) is 2. The van der Waals surface area contributed by atoms with Gasteiger partial charge in [-0.3, -0.25) is 0 Å². The molecular weight excluding hydrogens is 368 g/mol. The number of fused-ring (bicyclic) bond motifs is 1. The summed E-state index contributed by atoms with van der Waals surface area (Å²) >= 11 is 0. The average molecular weight is 391 g/mol. The molecule has 1 aromatic carbocycles. The molecule has 0 amide bonds. The molecule has 9 heteroatoms. The number of methoxy groups -OCH3 is 1. The third-order valence-electron chi connectivity index (χ3n) is 4.89. The number of benzene rings is 1. The lowest BCUT2D eigenvalue weighted by atomic mass is 10.0. The van der Waals surface area contributed by atoms with Crippen LogP contribution < -0.4 is 20.6 Å². The van der Waals surface area contributed by atoms with E-state index in [1.807, 2.05) is 18.2 Å². The number of piperidine rings is 1. The zero-order valence-electron chi connectivity index (χ0n) is 15.1. The highest BCUT2D eigenvalue weighted by molar-refractivity contribution is 5.85. The van der Waals surface area contributed by atoms with Gasteiger partial charge in [-0.15, -0.1) is 17.5 Å². The molecule has 0 saturated carbocycles. The van der Waals surface area contributed by atoms with Gasteiger partial charge >= 0.3 is 5.69 Å². The summed E-state index contributed by atoms with van der Waals surface area (Å²) in [5.41, 5.74) is 1.51. The first kappa shape index (κ1) is 19.2. The molecule has 0 unspecified atom stereocenters. The Morgan fingerprint density at radius 3 is 2.85 bits per heavy atom. The Balaban J connectivity index is 0.00000210. The minimum atomic E-state index is -0.239. The van der Waals surface area contributed by atoms with E-state index < -0.39 is 0 Å². The molecule has 27 heavy (non-hydrogen) atoms. The van der Waals surface area contributed by atoms with Crippen molar-refractivity contribution in [1.82, 2.24) is 24.9 Å². The maximum Gasteiger partial charge on any atom is 0.347 e. The van der Waals surface area contributed by atoms with E-state index >= 15 is 0 Å². The summed E-state index contributed by atoms with van der Waals surface area (Å²) in [6, 6.07) is 8.52. The summed E-state index contributed by atoms with van der Waals surface area (Å²) in [5, 5.41) is 10.2. The molecule has 0 aliphatic carbocycles. The number of nitrogens with one attached hydrogen (secondary N) is 2. The Labute approximate surface area is 163 Å². The monoisotopic (exact) mass is 390 g/mol. The minimum Gasteiger partial charge on any atom is -0.496 e. The van der Waals surface area contributed by atoms with Crippen LogP contribution in [0.1, 0.15) is 18.4 Å². The molecule has 0 atom stereocenters. The molecule has 2 aromatic heterocycles. The summed E-state index contributed by atoms with van der Waals surface area (Å²) in [6.07, 6.45) is 5.29. The van der Waals surface area contributed by atoms with Crippen molar-refractivity contribution >= 4 is 23.9 Å². The topological polar surface area (TPSA) is 87.5 Å². The van der Waals surface area contributed by atoms with E-state index in [1.54, 1.807) is 19.5 Å². The van der Waals surface area contributed by atoms with E-state index in [0.717, 1.165) is 44.0 Å². The van der Waals surface area contributed by atoms with Crippen molar-refractivity contribution in [2.24, 2.45) is 0 Å². The molecule has 1 saturated heterocycles. The van der Waals surface area contributed by atoms with Crippen molar-refractivity contribution in [3.05, 3.63) is 52.7 Å². The first-order chi connectivity index (χ1) is 12.8. The standard InChI is InChI=1S/C18H22N6O2.ClH/c1-26-15-5-3-2-4-13(15)12-20-14-6-9-23(10-7-14)16-17-21-22-18(25)24(17)11-8-19-16;/h2-5,8,11,14,20H,6-7,9-10,12H2,1H3,(H,22,25);1H. The van der Waals surface area contributed by atoms with E-state index in [9.17, 15) is 4.79 Å². The number of aromatic amines is 1. The van der Waals surface area contributed by atoms with Gasteiger partial charge in [-0.2, -0.15) is 0 Å². The Kier molecular flexibility index (Phi) is 5.98. The van der Waals surface area contributed by atoms with Gasteiger partial charge in [-0.1, -0.05) is 18.2 Å². The molecule has 0 radical (unpaired) electrons. The highest BCUT2D eigenvalue weighted by Gasteiger charge is 2.22. The zero-order valence-corrected chi connectivity index (χ0v) is 15.9. The maximum absolute atomic E-state index is 11.7. The quantitative estimate of drug-likeness (QED) is 0.688. The van der Waals surface area contributed by atoms with Crippen molar-refractivity contribution in [2.75, 3.05) is 25.1 Å². The summed E-state index contributed by atoms with van der Waals surface area (Å²) in [4.78, 5) is 18.3. The molecule has 1 aliphatic rings. The lowest BCUT2D eigenvalue weighted by molar-refractivity contribution is 0.391. The van der Waals surface area contributed by atoms with Crippen LogP contribution in [0.15, 0.2) is 41.5 Å². The first-order valence-corrected chi connectivity index (χ1v) is 8.78. The third kappa shape index (κ3) is 3.91. The minimum absolute atomic E-state index is 0.